The Kier molecular flexibility index (Phi) is 3.87. The van der Waals surface area contributed by atoms with Crippen LogP contribution in [0.2, 0.25) is 5.02 Å². The van der Waals surface area contributed by atoms with Crippen LogP contribution < -0.4 is 5.73 Å². The summed E-state index contributed by atoms with van der Waals surface area (Å²) in [7, 11) is 0. The number of hydrogen-bond donors (Lipinski definition) is 2. The summed E-state index contributed by atoms with van der Waals surface area (Å²) in [6, 6.07) is 1.79. The Morgan fingerprint density at radius 3 is 2.81 bits per heavy atom. The number of rotatable bonds is 4. The largest absolute Gasteiger partial charge is 0.506 e. The lowest BCUT2D eigenvalue weighted by atomic mass is 10.0. The van der Waals surface area contributed by atoms with Crippen LogP contribution in [0.1, 0.15) is 18.0 Å². The zero-order valence-corrected chi connectivity index (χ0v) is 9.15. The lowest BCUT2D eigenvalue weighted by molar-refractivity contribution is -0.385. The van der Waals surface area contributed by atoms with Gasteiger partial charge in [0.1, 0.15) is 5.75 Å². The molecule has 0 heterocycles. The van der Waals surface area contributed by atoms with E-state index in [0.29, 0.717) is 6.42 Å². The third-order valence-corrected chi connectivity index (χ3v) is 2.44. The molecule has 0 amide bonds. The molecule has 1 rings (SSSR count). The Morgan fingerprint density at radius 2 is 2.31 bits per heavy atom. The minimum atomic E-state index is -0.698. The van der Waals surface area contributed by atoms with E-state index >= 15 is 0 Å². The first-order valence-corrected chi connectivity index (χ1v) is 4.89. The van der Waals surface area contributed by atoms with Gasteiger partial charge < -0.3 is 10.8 Å². The molecule has 0 unspecified atom stereocenters. The number of nitrogens with two attached hydrogens (primary N) is 1. The van der Waals surface area contributed by atoms with Crippen molar-refractivity contribution >= 4 is 17.3 Å². The molecule has 1 aromatic rings. The molecule has 5 nitrogen and oxygen atoms in total. The van der Waals surface area contributed by atoms with Crippen LogP contribution in [0, 0.1) is 10.1 Å². The fourth-order valence-corrected chi connectivity index (χ4v) is 1.56. The van der Waals surface area contributed by atoms with Crippen LogP contribution in [-0.2, 0) is 0 Å². The Hall–Kier alpha value is -1.59. The highest BCUT2D eigenvalue weighted by molar-refractivity contribution is 6.32. The highest BCUT2D eigenvalue weighted by Crippen LogP contribution is 2.38. The second-order valence-corrected chi connectivity index (χ2v) is 3.62. The molecule has 1 aromatic carbocycles. The van der Waals surface area contributed by atoms with Crippen molar-refractivity contribution in [3.05, 3.63) is 45.5 Å². The Bertz CT molecular complexity index is 434. The van der Waals surface area contributed by atoms with Crippen molar-refractivity contribution in [1.82, 2.24) is 0 Å². The molecule has 0 spiro atoms. The van der Waals surface area contributed by atoms with Crippen molar-refractivity contribution in [2.45, 2.75) is 12.5 Å². The number of phenolic OH excluding ortho intramolecular Hbond substituents is 1. The summed E-state index contributed by atoms with van der Waals surface area (Å²) >= 11 is 5.68. The van der Waals surface area contributed by atoms with Gasteiger partial charge in [-0.3, -0.25) is 10.1 Å². The van der Waals surface area contributed by atoms with Crippen LogP contribution in [0.5, 0.6) is 5.75 Å². The van der Waals surface area contributed by atoms with E-state index in [9.17, 15) is 15.2 Å². The van der Waals surface area contributed by atoms with Crippen molar-refractivity contribution in [2.24, 2.45) is 5.73 Å². The second-order valence-electron chi connectivity index (χ2n) is 3.22. The third kappa shape index (κ3) is 2.32. The van der Waals surface area contributed by atoms with Crippen LogP contribution in [0.25, 0.3) is 0 Å². The van der Waals surface area contributed by atoms with Crippen molar-refractivity contribution in [3.63, 3.8) is 0 Å². The van der Waals surface area contributed by atoms with Gasteiger partial charge >= 0.3 is 0 Å². The summed E-state index contributed by atoms with van der Waals surface area (Å²) in [5.41, 5.74) is 5.52. The van der Waals surface area contributed by atoms with Crippen molar-refractivity contribution in [3.8, 4) is 5.75 Å². The van der Waals surface area contributed by atoms with Crippen LogP contribution >= 0.6 is 11.6 Å². The molecule has 0 fully saturated rings. The normalized spacial score (nSPS) is 12.1. The molecule has 6 heteroatoms. The van der Waals surface area contributed by atoms with E-state index in [4.69, 9.17) is 17.3 Å². The Labute approximate surface area is 97.3 Å². The Morgan fingerprint density at radius 1 is 1.69 bits per heavy atom. The van der Waals surface area contributed by atoms with Gasteiger partial charge in [0, 0.05) is 12.1 Å². The summed E-state index contributed by atoms with van der Waals surface area (Å²) in [4.78, 5) is 10.2. The molecule has 0 saturated heterocycles. The lowest BCUT2D eigenvalue weighted by Gasteiger charge is -2.12. The molecule has 0 aliphatic rings. The smallest absolute Gasteiger partial charge is 0.278 e. The number of nitrogens with zero attached hydrogens (tertiary/aromatic N) is 1. The highest BCUT2D eigenvalue weighted by atomic mass is 35.5. The number of hydrogen-bond acceptors (Lipinski definition) is 4. The summed E-state index contributed by atoms with van der Waals surface area (Å²) in [6.45, 7) is 3.49. The van der Waals surface area contributed by atoms with Crippen LogP contribution in [0.15, 0.2) is 24.8 Å². The molecule has 0 saturated carbocycles. The van der Waals surface area contributed by atoms with Crippen molar-refractivity contribution in [1.29, 1.82) is 0 Å². The number of nitro benzene ring substituents is 1. The minimum absolute atomic E-state index is 0.0393. The van der Waals surface area contributed by atoms with E-state index in [1.54, 1.807) is 0 Å². The van der Waals surface area contributed by atoms with Gasteiger partial charge in [-0.05, 0) is 12.5 Å². The van der Waals surface area contributed by atoms with Gasteiger partial charge in [0.15, 0.2) is 0 Å². The maximum absolute atomic E-state index is 10.8. The first-order chi connectivity index (χ1) is 7.49. The average Bonchev–Trinajstić information content (AvgIpc) is 2.21. The number of aromatic hydroxyl groups is 1. The molecular formula is C10H11ClN2O3. The Balaban J connectivity index is 3.36. The van der Waals surface area contributed by atoms with Crippen molar-refractivity contribution < 1.29 is 10.0 Å². The lowest BCUT2D eigenvalue weighted by Crippen LogP contribution is -2.11. The average molecular weight is 243 g/mol. The van der Waals surface area contributed by atoms with E-state index in [0.717, 1.165) is 0 Å². The molecule has 0 radical (unpaired) electrons. The fraction of sp³-hybridized carbons (Fsp3) is 0.200. The minimum Gasteiger partial charge on any atom is -0.506 e. The van der Waals surface area contributed by atoms with Gasteiger partial charge in [-0.15, -0.1) is 6.58 Å². The number of phenols is 1. The monoisotopic (exact) mass is 242 g/mol. The predicted octanol–water partition coefficient (Wildman–Crippen LogP) is 2.53. The number of benzene rings is 1. The molecule has 16 heavy (non-hydrogen) atoms. The van der Waals surface area contributed by atoms with E-state index in [1.807, 2.05) is 0 Å². The molecule has 0 aromatic heterocycles. The first kappa shape index (κ1) is 12.5. The topological polar surface area (TPSA) is 89.4 Å². The zero-order chi connectivity index (χ0) is 12.3. The zero-order valence-electron chi connectivity index (χ0n) is 8.39. The van der Waals surface area contributed by atoms with E-state index in [-0.39, 0.29) is 22.0 Å². The summed E-state index contributed by atoms with van der Waals surface area (Å²) in [6.07, 6.45) is 1.84. The molecule has 0 bridgehead atoms. The third-order valence-electron chi connectivity index (χ3n) is 2.13. The van der Waals surface area contributed by atoms with Crippen LogP contribution in [0.4, 0.5) is 5.69 Å². The van der Waals surface area contributed by atoms with Gasteiger partial charge in [-0.25, -0.2) is 0 Å². The number of halogens is 1. The summed E-state index contributed by atoms with van der Waals surface area (Å²) in [5.74, 6) is -0.342. The standard InChI is InChI=1S/C10H11ClN2O3/c1-2-3-7(12)9-8(13(15)16)5-4-6(11)10(9)14/h2,4-5,7,14H,1,3,12H2/t7-/m0/s1. The number of nitro groups is 1. The second kappa shape index (κ2) is 4.96. The maximum Gasteiger partial charge on any atom is 0.278 e. The molecule has 0 aliphatic heterocycles. The maximum atomic E-state index is 10.8. The van der Waals surface area contributed by atoms with Crippen LogP contribution in [-0.4, -0.2) is 10.0 Å². The van der Waals surface area contributed by atoms with E-state index in [2.05, 4.69) is 6.58 Å². The van der Waals surface area contributed by atoms with E-state index < -0.39 is 11.0 Å². The predicted molar refractivity (Wildman–Crippen MR) is 61.5 cm³/mol. The van der Waals surface area contributed by atoms with Gasteiger partial charge in [0.05, 0.1) is 15.5 Å². The quantitative estimate of drug-likeness (QED) is 0.482. The molecular weight excluding hydrogens is 232 g/mol. The fourth-order valence-electron chi connectivity index (χ4n) is 1.39. The van der Waals surface area contributed by atoms with Gasteiger partial charge in [-0.1, -0.05) is 17.7 Å². The van der Waals surface area contributed by atoms with Crippen LogP contribution in [0.3, 0.4) is 0 Å². The first-order valence-electron chi connectivity index (χ1n) is 4.51. The highest BCUT2D eigenvalue weighted by Gasteiger charge is 2.24. The summed E-state index contributed by atoms with van der Waals surface area (Å²) < 4.78 is 0. The molecule has 3 N–H and O–H groups in total. The summed E-state index contributed by atoms with van der Waals surface area (Å²) in [5, 5.41) is 20.5. The van der Waals surface area contributed by atoms with Gasteiger partial charge in [-0.2, -0.15) is 0 Å². The van der Waals surface area contributed by atoms with Gasteiger partial charge in [0.25, 0.3) is 5.69 Å². The van der Waals surface area contributed by atoms with Crippen molar-refractivity contribution in [2.75, 3.05) is 0 Å². The SMILES string of the molecule is C=CC[C@H](N)c1c([N+](=O)[O-])ccc(Cl)c1O. The van der Waals surface area contributed by atoms with Gasteiger partial charge in [0.2, 0.25) is 0 Å². The molecule has 0 aliphatic carbocycles. The van der Waals surface area contributed by atoms with E-state index in [1.165, 1.54) is 18.2 Å². The molecule has 86 valence electrons. The molecule has 1 atom stereocenters.